The van der Waals surface area contributed by atoms with Crippen molar-refractivity contribution in [1.29, 1.82) is 0 Å². The Bertz CT molecular complexity index is 468. The van der Waals surface area contributed by atoms with Gasteiger partial charge >= 0.3 is 0 Å². The number of methoxy groups -OCH3 is 1. The van der Waals surface area contributed by atoms with Gasteiger partial charge in [0.2, 0.25) is 5.91 Å². The second kappa shape index (κ2) is 7.37. The smallest absolute Gasteiger partial charge is 0.251 e. The summed E-state index contributed by atoms with van der Waals surface area (Å²) >= 11 is 0. The molecule has 3 heterocycles. The molecule has 0 aromatic carbocycles. The molecule has 7 heteroatoms. The van der Waals surface area contributed by atoms with E-state index in [0.29, 0.717) is 45.7 Å². The van der Waals surface area contributed by atoms with Gasteiger partial charge in [0.05, 0.1) is 6.61 Å². The van der Waals surface area contributed by atoms with Crippen LogP contribution >= 0.6 is 0 Å². The van der Waals surface area contributed by atoms with Gasteiger partial charge in [-0.05, 0) is 32.7 Å². The molecule has 0 unspecified atom stereocenters. The molecule has 136 valence electrons. The highest BCUT2D eigenvalue weighted by Crippen LogP contribution is 2.33. The van der Waals surface area contributed by atoms with Gasteiger partial charge in [-0.2, -0.15) is 0 Å². The maximum Gasteiger partial charge on any atom is 0.251 e. The zero-order valence-corrected chi connectivity index (χ0v) is 14.8. The van der Waals surface area contributed by atoms with Crippen LogP contribution in [0.2, 0.25) is 0 Å². The monoisotopic (exact) mass is 339 g/mol. The predicted octanol–water partition coefficient (Wildman–Crippen LogP) is -0.0530. The number of rotatable bonds is 4. The molecule has 0 bridgehead atoms. The van der Waals surface area contributed by atoms with Crippen molar-refractivity contribution in [2.75, 3.05) is 60.1 Å². The minimum atomic E-state index is -0.459. The number of piperazine rings is 1. The van der Waals surface area contributed by atoms with Gasteiger partial charge in [0.1, 0.15) is 11.6 Å². The van der Waals surface area contributed by atoms with Crippen LogP contribution in [0.25, 0.3) is 0 Å². The molecule has 0 saturated carbocycles. The lowest BCUT2D eigenvalue weighted by atomic mass is 9.82. The Morgan fingerprint density at radius 1 is 1.29 bits per heavy atom. The Kier molecular flexibility index (Phi) is 5.42. The van der Waals surface area contributed by atoms with Crippen LogP contribution in [0.15, 0.2) is 0 Å². The SMILES string of the molecule is COCCN1CCN(C)C2(CCN(C(=O)[C@H]3CCCO3)CC2)C1=O. The maximum atomic E-state index is 13.1. The van der Waals surface area contributed by atoms with Gasteiger partial charge in [-0.25, -0.2) is 0 Å². The summed E-state index contributed by atoms with van der Waals surface area (Å²) in [5.41, 5.74) is -0.459. The molecule has 3 aliphatic rings. The summed E-state index contributed by atoms with van der Waals surface area (Å²) in [5, 5.41) is 0. The Morgan fingerprint density at radius 3 is 2.67 bits per heavy atom. The number of carbonyl (C=O) groups excluding carboxylic acids is 2. The average Bonchev–Trinajstić information content (AvgIpc) is 3.14. The van der Waals surface area contributed by atoms with E-state index in [0.717, 1.165) is 25.9 Å². The lowest BCUT2D eigenvalue weighted by Gasteiger charge is -2.51. The molecule has 24 heavy (non-hydrogen) atoms. The molecule has 3 fully saturated rings. The van der Waals surface area contributed by atoms with E-state index in [4.69, 9.17) is 9.47 Å². The van der Waals surface area contributed by atoms with E-state index in [1.807, 2.05) is 16.8 Å². The van der Waals surface area contributed by atoms with E-state index in [-0.39, 0.29) is 17.9 Å². The number of hydrogen-bond donors (Lipinski definition) is 0. The quantitative estimate of drug-likeness (QED) is 0.718. The zero-order chi connectivity index (χ0) is 17.2. The second-order valence-electron chi connectivity index (χ2n) is 7.07. The third-order valence-electron chi connectivity index (χ3n) is 5.79. The van der Waals surface area contributed by atoms with Crippen molar-refractivity contribution >= 4 is 11.8 Å². The zero-order valence-electron chi connectivity index (χ0n) is 14.8. The number of ether oxygens (including phenoxy) is 2. The number of carbonyl (C=O) groups is 2. The first kappa shape index (κ1) is 17.6. The summed E-state index contributed by atoms with van der Waals surface area (Å²) in [4.78, 5) is 31.6. The fourth-order valence-electron chi connectivity index (χ4n) is 4.13. The van der Waals surface area contributed by atoms with Crippen molar-refractivity contribution < 1.29 is 19.1 Å². The van der Waals surface area contributed by atoms with E-state index in [1.165, 1.54) is 0 Å². The van der Waals surface area contributed by atoms with E-state index < -0.39 is 5.54 Å². The van der Waals surface area contributed by atoms with Gasteiger partial charge in [-0.1, -0.05) is 0 Å². The van der Waals surface area contributed by atoms with Crippen LogP contribution in [-0.2, 0) is 19.1 Å². The van der Waals surface area contributed by atoms with Gasteiger partial charge in [-0.15, -0.1) is 0 Å². The normalized spacial score (nSPS) is 27.9. The lowest BCUT2D eigenvalue weighted by Crippen LogP contribution is -2.68. The van der Waals surface area contributed by atoms with Crippen molar-refractivity contribution in [3.05, 3.63) is 0 Å². The third-order valence-corrected chi connectivity index (χ3v) is 5.79. The van der Waals surface area contributed by atoms with Crippen LogP contribution < -0.4 is 0 Å². The van der Waals surface area contributed by atoms with Gasteiger partial charge in [-0.3, -0.25) is 14.5 Å². The number of likely N-dealkylation sites (N-methyl/N-ethyl adjacent to an activating group) is 1. The van der Waals surface area contributed by atoms with Gasteiger partial charge < -0.3 is 19.3 Å². The highest BCUT2D eigenvalue weighted by molar-refractivity contribution is 5.88. The summed E-state index contributed by atoms with van der Waals surface area (Å²) in [7, 11) is 3.69. The molecule has 7 nitrogen and oxygen atoms in total. The molecule has 0 N–H and O–H groups in total. The highest BCUT2D eigenvalue weighted by Gasteiger charge is 2.50. The molecule has 1 atom stereocenters. The van der Waals surface area contributed by atoms with Gasteiger partial charge in [0.15, 0.2) is 0 Å². The molecule has 2 amide bonds. The van der Waals surface area contributed by atoms with E-state index >= 15 is 0 Å². The average molecular weight is 339 g/mol. The molecule has 3 aliphatic heterocycles. The van der Waals surface area contributed by atoms with Crippen LogP contribution in [0, 0.1) is 0 Å². The molecule has 0 aromatic heterocycles. The molecule has 0 radical (unpaired) electrons. The molecule has 3 rings (SSSR count). The van der Waals surface area contributed by atoms with Crippen molar-refractivity contribution in [2.24, 2.45) is 0 Å². The largest absolute Gasteiger partial charge is 0.383 e. The second-order valence-corrected chi connectivity index (χ2v) is 7.07. The Morgan fingerprint density at radius 2 is 2.04 bits per heavy atom. The highest BCUT2D eigenvalue weighted by atomic mass is 16.5. The van der Waals surface area contributed by atoms with Gasteiger partial charge in [0, 0.05) is 46.4 Å². The Balaban J connectivity index is 1.63. The first-order chi connectivity index (χ1) is 11.6. The molecule has 0 aliphatic carbocycles. The molecular weight excluding hydrogens is 310 g/mol. The van der Waals surface area contributed by atoms with E-state index in [1.54, 1.807) is 7.11 Å². The third kappa shape index (κ3) is 3.17. The Hall–Kier alpha value is -1.18. The molecule has 3 saturated heterocycles. The van der Waals surface area contributed by atoms with Crippen molar-refractivity contribution in [3.63, 3.8) is 0 Å². The topological polar surface area (TPSA) is 62.3 Å². The van der Waals surface area contributed by atoms with Crippen molar-refractivity contribution in [2.45, 2.75) is 37.3 Å². The minimum absolute atomic E-state index is 0.101. The summed E-state index contributed by atoms with van der Waals surface area (Å²) < 4.78 is 10.6. The number of hydrogen-bond acceptors (Lipinski definition) is 5. The molecule has 1 spiro atoms. The fraction of sp³-hybridized carbons (Fsp3) is 0.882. The summed E-state index contributed by atoms with van der Waals surface area (Å²) in [6.45, 7) is 4.77. The predicted molar refractivity (Wildman–Crippen MR) is 88.6 cm³/mol. The summed E-state index contributed by atoms with van der Waals surface area (Å²) in [5.74, 6) is 0.294. The molecule has 0 aromatic rings. The van der Waals surface area contributed by atoms with Crippen molar-refractivity contribution in [3.8, 4) is 0 Å². The Labute approximate surface area is 143 Å². The number of amides is 2. The number of nitrogens with zero attached hydrogens (tertiary/aromatic N) is 3. The first-order valence-corrected chi connectivity index (χ1v) is 8.98. The van der Waals surface area contributed by atoms with Crippen LogP contribution in [-0.4, -0.2) is 98.3 Å². The van der Waals surface area contributed by atoms with Crippen LogP contribution in [0.4, 0.5) is 0 Å². The van der Waals surface area contributed by atoms with Crippen LogP contribution in [0.3, 0.4) is 0 Å². The minimum Gasteiger partial charge on any atom is -0.383 e. The van der Waals surface area contributed by atoms with Crippen LogP contribution in [0.5, 0.6) is 0 Å². The van der Waals surface area contributed by atoms with Crippen LogP contribution in [0.1, 0.15) is 25.7 Å². The standard InChI is InChI=1S/C17H29N3O4/c1-18-9-10-20(11-13-23-2)16(22)17(18)5-7-19(8-6-17)15(21)14-4-3-12-24-14/h14H,3-13H2,1-2H3/t14-/m1/s1. The van der Waals surface area contributed by atoms with Gasteiger partial charge in [0.25, 0.3) is 5.91 Å². The molecular formula is C17H29N3O4. The lowest BCUT2D eigenvalue weighted by molar-refractivity contribution is -0.159. The summed E-state index contributed by atoms with van der Waals surface area (Å²) in [6.07, 6.45) is 2.92. The fourth-order valence-corrected chi connectivity index (χ4v) is 4.13. The number of likely N-dealkylation sites (tertiary alicyclic amines) is 1. The number of piperidine rings is 1. The van der Waals surface area contributed by atoms with E-state index in [2.05, 4.69) is 4.90 Å². The van der Waals surface area contributed by atoms with Crippen molar-refractivity contribution in [1.82, 2.24) is 14.7 Å². The first-order valence-electron chi connectivity index (χ1n) is 8.98. The maximum absolute atomic E-state index is 13.1. The van der Waals surface area contributed by atoms with E-state index in [9.17, 15) is 9.59 Å². The summed E-state index contributed by atoms with van der Waals surface area (Å²) in [6, 6.07) is 0.